The normalized spacial score (nSPS) is 69.1. The molecule has 6 aliphatic rings. The molecular weight excluding hydrogens is 296 g/mol. The van der Waals surface area contributed by atoms with Gasteiger partial charge in [0.25, 0.3) is 0 Å². The highest BCUT2D eigenvalue weighted by Crippen LogP contribution is 2.79. The zero-order valence-electron chi connectivity index (χ0n) is 15.4. The molecule has 0 radical (unpaired) electrons. The van der Waals surface area contributed by atoms with Crippen molar-refractivity contribution in [3.8, 4) is 0 Å². The van der Waals surface area contributed by atoms with Crippen LogP contribution in [0.1, 0.15) is 65.7 Å². The van der Waals surface area contributed by atoms with Crippen molar-refractivity contribution >= 4 is 5.78 Å². The molecule has 2 heteroatoms. The molecule has 1 N–H and O–H groups in total. The van der Waals surface area contributed by atoms with Crippen LogP contribution in [0.25, 0.3) is 0 Å². The van der Waals surface area contributed by atoms with Crippen LogP contribution in [0, 0.1) is 58.2 Å². The van der Waals surface area contributed by atoms with Gasteiger partial charge in [-0.15, -0.1) is 0 Å². The van der Waals surface area contributed by atoms with Crippen LogP contribution >= 0.6 is 0 Å². The van der Waals surface area contributed by atoms with Crippen molar-refractivity contribution in [1.29, 1.82) is 0 Å². The van der Waals surface area contributed by atoms with Gasteiger partial charge in [0.2, 0.25) is 0 Å². The Kier molecular flexibility index (Phi) is 2.44. The second-order valence-corrected chi connectivity index (χ2v) is 11.2. The minimum atomic E-state index is -0.407. The maximum atomic E-state index is 12.9. The Labute approximate surface area is 145 Å². The summed E-state index contributed by atoms with van der Waals surface area (Å²) in [5.74, 6) is 5.79. The first-order chi connectivity index (χ1) is 11.3. The molecule has 0 aliphatic heterocycles. The average Bonchev–Trinajstić information content (AvgIpc) is 3.41. The SMILES string of the molecule is CC1CCC2(C)C3CCC4(C)C(=O)C5CC5C4C3C3CC3C2(O)C1. The highest BCUT2D eigenvalue weighted by molar-refractivity contribution is 5.92. The highest BCUT2D eigenvalue weighted by atomic mass is 16.3. The van der Waals surface area contributed by atoms with Crippen LogP contribution in [0.5, 0.6) is 0 Å². The lowest BCUT2D eigenvalue weighted by atomic mass is 9.42. The smallest absolute Gasteiger partial charge is 0.142 e. The molecule has 0 amide bonds. The molecule has 6 saturated carbocycles. The number of ketones is 1. The van der Waals surface area contributed by atoms with Crippen LogP contribution in [0.4, 0.5) is 0 Å². The fourth-order valence-corrected chi connectivity index (χ4v) is 9.08. The predicted molar refractivity (Wildman–Crippen MR) is 92.1 cm³/mol. The van der Waals surface area contributed by atoms with Gasteiger partial charge in [0.1, 0.15) is 5.78 Å². The lowest BCUT2D eigenvalue weighted by Gasteiger charge is -2.63. The standard InChI is InChI=1S/C22H32O2/c1-11-4-7-21(3)15-5-6-20(2)18(12-8-13(12)19(20)23)17(15)14-9-16(14)22(21,24)10-11/h11-18,24H,4-10H2,1-3H3. The number of aliphatic hydroxyl groups is 1. The van der Waals surface area contributed by atoms with Gasteiger partial charge in [0.15, 0.2) is 0 Å². The van der Waals surface area contributed by atoms with E-state index in [9.17, 15) is 9.90 Å². The second-order valence-electron chi connectivity index (χ2n) is 11.2. The van der Waals surface area contributed by atoms with Crippen molar-refractivity contribution in [2.45, 2.75) is 71.3 Å². The predicted octanol–water partition coefficient (Wildman–Crippen LogP) is 4.06. The summed E-state index contributed by atoms with van der Waals surface area (Å²) in [4.78, 5) is 12.9. The van der Waals surface area contributed by atoms with E-state index in [1.54, 1.807) is 0 Å². The molecule has 0 heterocycles. The fourth-order valence-electron chi connectivity index (χ4n) is 9.08. The Morgan fingerprint density at radius 1 is 1.04 bits per heavy atom. The van der Waals surface area contributed by atoms with Crippen molar-refractivity contribution in [3.05, 3.63) is 0 Å². The Morgan fingerprint density at radius 3 is 2.62 bits per heavy atom. The summed E-state index contributed by atoms with van der Waals surface area (Å²) in [5, 5.41) is 11.8. The molecule has 0 bridgehead atoms. The van der Waals surface area contributed by atoms with Gasteiger partial charge in [-0.3, -0.25) is 4.79 Å². The van der Waals surface area contributed by atoms with Crippen LogP contribution in [0.2, 0.25) is 0 Å². The van der Waals surface area contributed by atoms with Gasteiger partial charge in [-0.05, 0) is 91.8 Å². The van der Waals surface area contributed by atoms with Crippen LogP contribution in [0.3, 0.4) is 0 Å². The molecule has 0 spiro atoms. The van der Waals surface area contributed by atoms with Crippen molar-refractivity contribution in [3.63, 3.8) is 0 Å². The number of hydrogen-bond acceptors (Lipinski definition) is 2. The maximum Gasteiger partial charge on any atom is 0.142 e. The summed E-state index contributed by atoms with van der Waals surface area (Å²) in [6.45, 7) is 7.09. The third kappa shape index (κ3) is 1.38. The van der Waals surface area contributed by atoms with Crippen LogP contribution in [0.15, 0.2) is 0 Å². The number of Topliss-reactive ketones (excluding diaryl/α,β-unsaturated/α-hetero) is 1. The number of fused-ring (bicyclic) bond motifs is 10. The summed E-state index contributed by atoms with van der Waals surface area (Å²) >= 11 is 0. The Balaban J connectivity index is 1.45. The van der Waals surface area contributed by atoms with Gasteiger partial charge in [-0.25, -0.2) is 0 Å². The van der Waals surface area contributed by atoms with Gasteiger partial charge < -0.3 is 5.11 Å². The Bertz CT molecular complexity index is 642. The zero-order chi connectivity index (χ0) is 16.6. The molecular formula is C22H32O2. The van der Waals surface area contributed by atoms with Crippen LogP contribution in [-0.2, 0) is 4.79 Å². The van der Waals surface area contributed by atoms with E-state index in [1.165, 1.54) is 32.1 Å². The number of carbonyl (C=O) groups excluding carboxylic acids is 1. The molecule has 6 fully saturated rings. The molecule has 6 aliphatic carbocycles. The van der Waals surface area contributed by atoms with Crippen LogP contribution in [-0.4, -0.2) is 16.5 Å². The summed E-state index contributed by atoms with van der Waals surface area (Å²) in [5.41, 5.74) is -0.301. The first kappa shape index (κ1) is 14.8. The Hall–Kier alpha value is -0.370. The quantitative estimate of drug-likeness (QED) is 0.728. The molecule has 24 heavy (non-hydrogen) atoms. The lowest BCUT2D eigenvalue weighted by molar-refractivity contribution is -0.218. The molecule has 11 atom stereocenters. The largest absolute Gasteiger partial charge is 0.389 e. The summed E-state index contributed by atoms with van der Waals surface area (Å²) in [6.07, 6.45) is 8.26. The molecule has 2 nitrogen and oxygen atoms in total. The summed E-state index contributed by atoms with van der Waals surface area (Å²) in [7, 11) is 0. The van der Waals surface area contributed by atoms with E-state index in [1.807, 2.05) is 0 Å². The van der Waals surface area contributed by atoms with Crippen LogP contribution < -0.4 is 0 Å². The third-order valence-electron chi connectivity index (χ3n) is 10.4. The minimum absolute atomic E-state index is 0.00430. The Morgan fingerprint density at radius 2 is 1.83 bits per heavy atom. The van der Waals surface area contributed by atoms with Crippen molar-refractivity contribution in [2.75, 3.05) is 0 Å². The first-order valence-electron chi connectivity index (χ1n) is 10.6. The van der Waals surface area contributed by atoms with Gasteiger partial charge >= 0.3 is 0 Å². The number of hydrogen-bond donors (Lipinski definition) is 1. The maximum absolute atomic E-state index is 12.9. The highest BCUT2D eigenvalue weighted by Gasteiger charge is 2.78. The van der Waals surface area contributed by atoms with Gasteiger partial charge in [-0.2, -0.15) is 0 Å². The third-order valence-corrected chi connectivity index (χ3v) is 10.4. The molecule has 0 aromatic carbocycles. The van der Waals surface area contributed by atoms with E-state index >= 15 is 0 Å². The van der Waals surface area contributed by atoms with Gasteiger partial charge in [0, 0.05) is 11.3 Å². The van der Waals surface area contributed by atoms with E-state index in [0.717, 1.165) is 24.7 Å². The van der Waals surface area contributed by atoms with Crippen molar-refractivity contribution < 1.29 is 9.90 Å². The van der Waals surface area contributed by atoms with E-state index in [4.69, 9.17) is 0 Å². The summed E-state index contributed by atoms with van der Waals surface area (Å²) < 4.78 is 0. The first-order valence-corrected chi connectivity index (χ1v) is 10.6. The average molecular weight is 328 g/mol. The zero-order valence-corrected chi connectivity index (χ0v) is 15.4. The molecule has 0 aromatic heterocycles. The van der Waals surface area contributed by atoms with E-state index in [0.29, 0.717) is 41.3 Å². The second kappa shape index (κ2) is 3.97. The van der Waals surface area contributed by atoms with Gasteiger partial charge in [-0.1, -0.05) is 20.8 Å². The van der Waals surface area contributed by atoms with E-state index in [-0.39, 0.29) is 10.8 Å². The van der Waals surface area contributed by atoms with Crippen molar-refractivity contribution in [1.82, 2.24) is 0 Å². The lowest BCUT2D eigenvalue weighted by Crippen LogP contribution is -2.63. The molecule has 0 aromatic rings. The molecule has 11 unspecified atom stereocenters. The molecule has 132 valence electrons. The number of carbonyl (C=O) groups is 1. The fraction of sp³-hybridized carbons (Fsp3) is 0.955. The number of rotatable bonds is 0. The van der Waals surface area contributed by atoms with E-state index < -0.39 is 5.60 Å². The molecule has 6 rings (SSSR count). The van der Waals surface area contributed by atoms with Crippen molar-refractivity contribution in [2.24, 2.45) is 58.2 Å². The van der Waals surface area contributed by atoms with Gasteiger partial charge in [0.05, 0.1) is 5.60 Å². The monoisotopic (exact) mass is 328 g/mol. The van der Waals surface area contributed by atoms with E-state index in [2.05, 4.69) is 20.8 Å². The summed E-state index contributed by atoms with van der Waals surface area (Å²) in [6, 6.07) is 0. The minimum Gasteiger partial charge on any atom is -0.389 e. The topological polar surface area (TPSA) is 37.3 Å². The molecule has 0 saturated heterocycles.